The van der Waals surface area contributed by atoms with Crippen molar-refractivity contribution in [3.05, 3.63) is 29.8 Å². The average Bonchev–Trinajstić information content (AvgIpc) is 2.75. The summed E-state index contributed by atoms with van der Waals surface area (Å²) in [5.41, 5.74) is 0.149. The van der Waals surface area contributed by atoms with Gasteiger partial charge in [0.05, 0.1) is 4.90 Å². The third kappa shape index (κ3) is 8.63. The maximum Gasteiger partial charge on any atom is 0.325 e. The summed E-state index contributed by atoms with van der Waals surface area (Å²) in [4.78, 5) is 46.9. The molecule has 0 fully saturated rings. The summed E-state index contributed by atoms with van der Waals surface area (Å²) in [7, 11) is -3.64. The number of ether oxygens (including phenoxy) is 1. The monoisotopic (exact) mass is 470 g/mol. The number of hydrogen-bond donors (Lipinski definition) is 3. The van der Waals surface area contributed by atoms with E-state index in [-0.39, 0.29) is 16.4 Å². The van der Waals surface area contributed by atoms with E-state index in [0.717, 1.165) is 0 Å². The number of esters is 1. The van der Waals surface area contributed by atoms with E-state index >= 15 is 0 Å². The van der Waals surface area contributed by atoms with Crippen LogP contribution in [0, 0.1) is 5.92 Å². The molecule has 0 saturated heterocycles. The molecule has 0 heterocycles. The highest BCUT2D eigenvalue weighted by Crippen LogP contribution is 2.16. The molecular formula is C20H30N4O7S. The van der Waals surface area contributed by atoms with Crippen LogP contribution in [0.2, 0.25) is 0 Å². The van der Waals surface area contributed by atoms with E-state index in [9.17, 15) is 27.6 Å². The zero-order chi connectivity index (χ0) is 24.3. The van der Waals surface area contributed by atoms with Crippen molar-refractivity contribution in [2.75, 3.05) is 32.8 Å². The molecule has 4 amide bonds. The van der Waals surface area contributed by atoms with Crippen LogP contribution in [0.15, 0.2) is 29.2 Å². The minimum atomic E-state index is -3.64. The molecule has 1 rings (SSSR count). The first-order valence-corrected chi connectivity index (χ1v) is 11.6. The van der Waals surface area contributed by atoms with Crippen molar-refractivity contribution in [1.82, 2.24) is 20.3 Å². The summed E-state index contributed by atoms with van der Waals surface area (Å²) in [6.07, 6.45) is 0. The smallest absolute Gasteiger partial charge is 0.325 e. The van der Waals surface area contributed by atoms with Gasteiger partial charge in [0, 0.05) is 25.2 Å². The van der Waals surface area contributed by atoms with Crippen LogP contribution in [0.3, 0.4) is 0 Å². The third-order valence-corrected chi connectivity index (χ3v) is 6.21. The highest BCUT2D eigenvalue weighted by Gasteiger charge is 2.21. The van der Waals surface area contributed by atoms with Crippen molar-refractivity contribution in [3.8, 4) is 0 Å². The molecule has 1 aromatic rings. The van der Waals surface area contributed by atoms with E-state index in [0.29, 0.717) is 19.6 Å². The summed E-state index contributed by atoms with van der Waals surface area (Å²) in [6.45, 7) is 7.08. The molecule has 0 saturated carbocycles. The molecule has 0 spiro atoms. The predicted molar refractivity (Wildman–Crippen MR) is 116 cm³/mol. The van der Waals surface area contributed by atoms with Crippen LogP contribution in [-0.4, -0.2) is 69.3 Å². The summed E-state index contributed by atoms with van der Waals surface area (Å²) >= 11 is 0. The fraction of sp³-hybridized carbons (Fsp3) is 0.500. The highest BCUT2D eigenvalue weighted by molar-refractivity contribution is 7.89. The molecule has 178 valence electrons. The Morgan fingerprint density at radius 3 is 2.12 bits per heavy atom. The van der Waals surface area contributed by atoms with E-state index < -0.39 is 47.0 Å². The number of benzene rings is 1. The zero-order valence-corrected chi connectivity index (χ0v) is 19.5. The molecule has 0 aromatic heterocycles. The molecule has 12 heteroatoms. The molecule has 11 nitrogen and oxygen atoms in total. The molecule has 0 bridgehead atoms. The van der Waals surface area contributed by atoms with Gasteiger partial charge in [0.1, 0.15) is 6.54 Å². The lowest BCUT2D eigenvalue weighted by molar-refractivity contribution is -0.147. The van der Waals surface area contributed by atoms with Crippen molar-refractivity contribution in [2.24, 2.45) is 5.92 Å². The standard InChI is InChI=1S/C20H30N4O7S/c1-5-24(6-2)32(29,30)16-9-7-15(8-10-16)19(27)21-12-18(26)31-13-17(25)23-20(28)22-11-14(3)4/h7-10,14H,5-6,11-13H2,1-4H3,(H,21,27)(H2,22,23,25,28). The van der Waals surface area contributed by atoms with E-state index in [1.807, 2.05) is 19.2 Å². The number of hydrogen-bond acceptors (Lipinski definition) is 7. The van der Waals surface area contributed by atoms with E-state index in [4.69, 9.17) is 4.74 Å². The second-order valence-corrected chi connectivity index (χ2v) is 9.05. The molecule has 0 unspecified atom stereocenters. The minimum absolute atomic E-state index is 0.0561. The van der Waals surface area contributed by atoms with Gasteiger partial charge in [0.15, 0.2) is 6.61 Å². The Kier molecular flexibility index (Phi) is 10.8. The summed E-state index contributed by atoms with van der Waals surface area (Å²) in [6, 6.07) is 4.60. The lowest BCUT2D eigenvalue weighted by Crippen LogP contribution is -2.43. The first-order chi connectivity index (χ1) is 15.0. The van der Waals surface area contributed by atoms with Gasteiger partial charge in [-0.1, -0.05) is 27.7 Å². The Bertz CT molecular complexity index is 910. The molecule has 1 aromatic carbocycles. The third-order valence-electron chi connectivity index (χ3n) is 4.14. The second-order valence-electron chi connectivity index (χ2n) is 7.11. The highest BCUT2D eigenvalue weighted by atomic mass is 32.2. The fourth-order valence-electron chi connectivity index (χ4n) is 2.45. The Hall–Kier alpha value is -2.99. The number of nitrogens with one attached hydrogen (secondary N) is 3. The topological polar surface area (TPSA) is 151 Å². The maximum atomic E-state index is 12.5. The first-order valence-electron chi connectivity index (χ1n) is 10.1. The molecule has 32 heavy (non-hydrogen) atoms. The van der Waals surface area contributed by atoms with Gasteiger partial charge in [-0.05, 0) is 30.2 Å². The molecule has 0 atom stereocenters. The van der Waals surface area contributed by atoms with Crippen LogP contribution in [0.5, 0.6) is 0 Å². The van der Waals surface area contributed by atoms with Gasteiger partial charge in [0.25, 0.3) is 11.8 Å². The van der Waals surface area contributed by atoms with Crippen molar-refractivity contribution < 1.29 is 32.3 Å². The van der Waals surface area contributed by atoms with Gasteiger partial charge < -0.3 is 15.4 Å². The van der Waals surface area contributed by atoms with Gasteiger partial charge in [-0.15, -0.1) is 0 Å². The van der Waals surface area contributed by atoms with Crippen molar-refractivity contribution in [1.29, 1.82) is 0 Å². The van der Waals surface area contributed by atoms with Crippen molar-refractivity contribution in [3.63, 3.8) is 0 Å². The fourth-order valence-corrected chi connectivity index (χ4v) is 3.90. The van der Waals surface area contributed by atoms with E-state index in [1.54, 1.807) is 13.8 Å². The zero-order valence-electron chi connectivity index (χ0n) is 18.6. The number of urea groups is 1. The normalized spacial score (nSPS) is 11.2. The Morgan fingerprint density at radius 2 is 1.59 bits per heavy atom. The summed E-state index contributed by atoms with van der Waals surface area (Å²) < 4.78 is 30.9. The Labute approximate surface area is 187 Å². The lowest BCUT2D eigenvalue weighted by Gasteiger charge is -2.18. The van der Waals surface area contributed by atoms with Crippen LogP contribution in [0.4, 0.5) is 4.79 Å². The first kappa shape index (κ1) is 27.0. The van der Waals surface area contributed by atoms with Gasteiger partial charge in [0.2, 0.25) is 10.0 Å². The lowest BCUT2D eigenvalue weighted by atomic mass is 10.2. The molecule has 3 N–H and O–H groups in total. The predicted octanol–water partition coefficient (Wildman–Crippen LogP) is 0.472. The SMILES string of the molecule is CCN(CC)S(=O)(=O)c1ccc(C(=O)NCC(=O)OCC(=O)NC(=O)NCC(C)C)cc1. The van der Waals surface area contributed by atoms with Crippen LogP contribution in [0.25, 0.3) is 0 Å². The summed E-state index contributed by atoms with van der Waals surface area (Å²) in [5.74, 6) is -2.10. The summed E-state index contributed by atoms with van der Waals surface area (Å²) in [5, 5.41) is 6.80. The van der Waals surface area contributed by atoms with Crippen LogP contribution in [-0.2, 0) is 24.3 Å². The second kappa shape index (κ2) is 12.8. The number of sulfonamides is 1. The quantitative estimate of drug-likeness (QED) is 0.398. The number of carbonyl (C=O) groups excluding carboxylic acids is 4. The molecule has 0 radical (unpaired) electrons. The van der Waals surface area contributed by atoms with Crippen LogP contribution < -0.4 is 16.0 Å². The largest absolute Gasteiger partial charge is 0.454 e. The van der Waals surface area contributed by atoms with E-state index in [1.165, 1.54) is 28.6 Å². The number of carbonyl (C=O) groups is 4. The van der Waals surface area contributed by atoms with Crippen molar-refractivity contribution in [2.45, 2.75) is 32.6 Å². The minimum Gasteiger partial charge on any atom is -0.454 e. The number of imide groups is 1. The average molecular weight is 471 g/mol. The van der Waals surface area contributed by atoms with E-state index in [2.05, 4.69) is 10.6 Å². The van der Waals surface area contributed by atoms with Gasteiger partial charge >= 0.3 is 12.0 Å². The Balaban J connectivity index is 2.49. The molecular weight excluding hydrogens is 440 g/mol. The van der Waals surface area contributed by atoms with Gasteiger partial charge in [-0.3, -0.25) is 19.7 Å². The Morgan fingerprint density at radius 1 is 1.00 bits per heavy atom. The van der Waals surface area contributed by atoms with Crippen molar-refractivity contribution >= 4 is 33.8 Å². The van der Waals surface area contributed by atoms with Gasteiger partial charge in [-0.2, -0.15) is 4.31 Å². The number of rotatable bonds is 11. The van der Waals surface area contributed by atoms with Crippen LogP contribution >= 0.6 is 0 Å². The van der Waals surface area contributed by atoms with Gasteiger partial charge in [-0.25, -0.2) is 13.2 Å². The number of amides is 4. The maximum absolute atomic E-state index is 12.5. The number of nitrogens with zero attached hydrogens (tertiary/aromatic N) is 1. The molecule has 0 aliphatic heterocycles. The van der Waals surface area contributed by atoms with Crippen LogP contribution in [0.1, 0.15) is 38.1 Å². The molecule has 0 aliphatic rings. The molecule has 0 aliphatic carbocycles.